The van der Waals surface area contributed by atoms with E-state index >= 15 is 0 Å². The van der Waals surface area contributed by atoms with Crippen LogP contribution in [0.3, 0.4) is 0 Å². The molecule has 1 aromatic heterocycles. The van der Waals surface area contributed by atoms with Crippen molar-refractivity contribution in [3.8, 4) is 5.69 Å². The maximum absolute atomic E-state index is 14.0. The van der Waals surface area contributed by atoms with Gasteiger partial charge >= 0.3 is 0 Å². The van der Waals surface area contributed by atoms with Crippen LogP contribution < -0.4 is 5.73 Å². The number of benzene rings is 2. The second-order valence-electron chi connectivity index (χ2n) is 4.28. The highest BCUT2D eigenvalue weighted by Gasteiger charge is 2.19. The predicted octanol–water partition coefficient (Wildman–Crippen LogP) is 4.44. The van der Waals surface area contributed by atoms with Crippen molar-refractivity contribution in [2.24, 2.45) is 0 Å². The fourth-order valence-electron chi connectivity index (χ4n) is 2.07. The summed E-state index contributed by atoms with van der Waals surface area (Å²) >= 11 is 8.94. The number of nitrogens with two attached hydrogens (primary N) is 1. The summed E-state index contributed by atoms with van der Waals surface area (Å²) in [5, 5.41) is -0.168. The number of fused-ring (bicyclic) bond motifs is 1. The molecule has 0 aliphatic carbocycles. The molecule has 0 unspecified atom stereocenters. The number of hydrogen-bond acceptors (Lipinski definition) is 2. The molecule has 8 heteroatoms. The van der Waals surface area contributed by atoms with E-state index in [4.69, 9.17) is 17.3 Å². The number of imidazole rings is 1. The van der Waals surface area contributed by atoms with Crippen molar-refractivity contribution in [1.82, 2.24) is 9.55 Å². The number of aromatic nitrogens is 2. The van der Waals surface area contributed by atoms with E-state index in [1.807, 2.05) is 0 Å². The quantitative estimate of drug-likeness (QED) is 0.682. The molecule has 0 saturated carbocycles. The average Bonchev–Trinajstić information content (AvgIpc) is 2.66. The highest BCUT2D eigenvalue weighted by molar-refractivity contribution is 9.10. The molecule has 0 bridgehead atoms. The van der Waals surface area contributed by atoms with Gasteiger partial charge in [0.25, 0.3) is 0 Å². The number of anilines is 1. The van der Waals surface area contributed by atoms with E-state index in [-0.39, 0.29) is 26.6 Å². The molecule has 2 aromatic carbocycles. The molecule has 3 aromatic rings. The van der Waals surface area contributed by atoms with Gasteiger partial charge < -0.3 is 5.73 Å². The Balaban J connectivity index is 2.41. The second-order valence-corrected chi connectivity index (χ2v) is 5.54. The summed E-state index contributed by atoms with van der Waals surface area (Å²) in [5.41, 5.74) is 6.18. The van der Waals surface area contributed by atoms with Crippen LogP contribution in [0.5, 0.6) is 0 Å². The molecule has 0 aliphatic rings. The van der Waals surface area contributed by atoms with Crippen molar-refractivity contribution >= 4 is 44.5 Å². The first kappa shape index (κ1) is 14.2. The van der Waals surface area contributed by atoms with Crippen LogP contribution in [0.4, 0.5) is 19.1 Å². The summed E-state index contributed by atoms with van der Waals surface area (Å²) in [6.45, 7) is 0. The fraction of sp³-hybridized carbons (Fsp3) is 0. The van der Waals surface area contributed by atoms with Gasteiger partial charge in [-0.05, 0) is 28.1 Å². The minimum Gasteiger partial charge on any atom is -0.369 e. The third-order valence-electron chi connectivity index (χ3n) is 2.93. The molecule has 1 heterocycles. The lowest BCUT2D eigenvalue weighted by Gasteiger charge is -2.10. The molecule has 0 fully saturated rings. The van der Waals surface area contributed by atoms with Gasteiger partial charge in [-0.1, -0.05) is 11.6 Å². The van der Waals surface area contributed by atoms with Crippen molar-refractivity contribution in [2.75, 3.05) is 5.73 Å². The zero-order valence-electron chi connectivity index (χ0n) is 10.2. The van der Waals surface area contributed by atoms with Crippen molar-refractivity contribution in [3.63, 3.8) is 0 Å². The Bertz CT molecular complexity index is 856. The summed E-state index contributed by atoms with van der Waals surface area (Å²) in [5.74, 6) is -2.32. The van der Waals surface area contributed by atoms with E-state index in [0.717, 1.165) is 12.1 Å². The molecule has 108 valence electrons. The Morgan fingerprint density at radius 1 is 1.10 bits per heavy atom. The van der Waals surface area contributed by atoms with Crippen LogP contribution in [0.1, 0.15) is 0 Å². The van der Waals surface area contributed by atoms with Crippen LogP contribution >= 0.6 is 27.5 Å². The van der Waals surface area contributed by atoms with E-state index in [1.54, 1.807) is 0 Å². The lowest BCUT2D eigenvalue weighted by Crippen LogP contribution is -2.04. The molecular weight excluding hydrogens is 371 g/mol. The maximum Gasteiger partial charge on any atom is 0.206 e. The lowest BCUT2D eigenvalue weighted by molar-refractivity contribution is 0.579. The topological polar surface area (TPSA) is 43.8 Å². The normalized spacial score (nSPS) is 11.3. The van der Waals surface area contributed by atoms with E-state index < -0.39 is 17.5 Å². The molecule has 0 radical (unpaired) electrons. The summed E-state index contributed by atoms with van der Waals surface area (Å²) < 4.78 is 42.1. The molecule has 2 N–H and O–H groups in total. The number of halogens is 5. The van der Waals surface area contributed by atoms with Crippen LogP contribution in [0.15, 0.2) is 28.7 Å². The summed E-state index contributed by atoms with van der Waals surface area (Å²) in [4.78, 5) is 3.96. The number of nitrogens with zero attached hydrogens (tertiary/aromatic N) is 2. The van der Waals surface area contributed by atoms with Crippen LogP contribution in [0, 0.1) is 17.5 Å². The Morgan fingerprint density at radius 2 is 1.81 bits per heavy atom. The van der Waals surface area contributed by atoms with E-state index in [9.17, 15) is 13.2 Å². The fourth-order valence-corrected chi connectivity index (χ4v) is 2.68. The molecule has 21 heavy (non-hydrogen) atoms. The van der Waals surface area contributed by atoms with Gasteiger partial charge in [-0.3, -0.25) is 4.57 Å². The standard InChI is InChI=1S/C13H6BrClF3N3/c14-6-3-11-10(4-8(6)17)20-13(19)21(11)12-7(15)1-5(16)2-9(12)18/h1-4H,(H2,19,20). The Kier molecular flexibility index (Phi) is 3.33. The van der Waals surface area contributed by atoms with Gasteiger partial charge in [-0.25, -0.2) is 18.2 Å². The second kappa shape index (κ2) is 4.92. The van der Waals surface area contributed by atoms with Crippen LogP contribution in [-0.4, -0.2) is 9.55 Å². The zero-order chi connectivity index (χ0) is 15.3. The minimum atomic E-state index is -0.897. The Morgan fingerprint density at radius 3 is 2.48 bits per heavy atom. The van der Waals surface area contributed by atoms with E-state index in [1.165, 1.54) is 10.6 Å². The number of hydrogen-bond donors (Lipinski definition) is 1. The average molecular weight is 377 g/mol. The Labute approximate surface area is 130 Å². The van der Waals surface area contributed by atoms with Crippen molar-refractivity contribution in [3.05, 3.63) is 51.2 Å². The van der Waals surface area contributed by atoms with Crippen LogP contribution in [-0.2, 0) is 0 Å². The molecule has 0 saturated heterocycles. The zero-order valence-corrected chi connectivity index (χ0v) is 12.5. The minimum absolute atomic E-state index is 0.0880. The summed E-state index contributed by atoms with van der Waals surface area (Å²) in [6.07, 6.45) is 0. The number of nitrogen functional groups attached to an aromatic ring is 1. The lowest BCUT2D eigenvalue weighted by atomic mass is 10.2. The molecule has 0 atom stereocenters. The van der Waals surface area contributed by atoms with Gasteiger partial charge in [0.2, 0.25) is 5.95 Å². The van der Waals surface area contributed by atoms with E-state index in [2.05, 4.69) is 20.9 Å². The van der Waals surface area contributed by atoms with Crippen molar-refractivity contribution in [2.45, 2.75) is 0 Å². The van der Waals surface area contributed by atoms with E-state index in [0.29, 0.717) is 11.6 Å². The first-order chi connectivity index (χ1) is 9.88. The largest absolute Gasteiger partial charge is 0.369 e. The molecule has 0 amide bonds. The molecular formula is C13H6BrClF3N3. The SMILES string of the molecule is Nc1nc2cc(F)c(Br)cc2n1-c1c(F)cc(F)cc1Cl. The third kappa shape index (κ3) is 2.26. The van der Waals surface area contributed by atoms with Gasteiger partial charge in [0.1, 0.15) is 17.3 Å². The van der Waals surface area contributed by atoms with Gasteiger partial charge in [-0.15, -0.1) is 0 Å². The number of rotatable bonds is 1. The monoisotopic (exact) mass is 375 g/mol. The third-order valence-corrected chi connectivity index (χ3v) is 3.82. The highest BCUT2D eigenvalue weighted by Crippen LogP contribution is 2.32. The molecule has 0 aliphatic heterocycles. The molecule has 3 rings (SSSR count). The van der Waals surface area contributed by atoms with Gasteiger partial charge in [-0.2, -0.15) is 0 Å². The molecule has 3 nitrogen and oxygen atoms in total. The summed E-state index contributed by atoms with van der Waals surface area (Å²) in [6, 6.07) is 4.20. The van der Waals surface area contributed by atoms with Gasteiger partial charge in [0.05, 0.1) is 20.5 Å². The summed E-state index contributed by atoms with van der Waals surface area (Å²) in [7, 11) is 0. The smallest absolute Gasteiger partial charge is 0.206 e. The first-order valence-corrected chi connectivity index (χ1v) is 6.83. The van der Waals surface area contributed by atoms with Crippen LogP contribution in [0.25, 0.3) is 16.7 Å². The highest BCUT2D eigenvalue weighted by atomic mass is 79.9. The van der Waals surface area contributed by atoms with Gasteiger partial charge in [0, 0.05) is 12.1 Å². The Hall–Kier alpha value is -1.73. The van der Waals surface area contributed by atoms with Gasteiger partial charge in [0.15, 0.2) is 5.82 Å². The van der Waals surface area contributed by atoms with Crippen LogP contribution in [0.2, 0.25) is 5.02 Å². The first-order valence-electron chi connectivity index (χ1n) is 5.66. The molecule has 0 spiro atoms. The van der Waals surface area contributed by atoms with Crippen molar-refractivity contribution < 1.29 is 13.2 Å². The maximum atomic E-state index is 14.0. The van der Waals surface area contributed by atoms with Crippen molar-refractivity contribution in [1.29, 1.82) is 0 Å². The predicted molar refractivity (Wildman–Crippen MR) is 78.1 cm³/mol.